The van der Waals surface area contributed by atoms with Crippen LogP contribution in [0.5, 0.6) is 0 Å². The van der Waals surface area contributed by atoms with Crippen LogP contribution in [0, 0.1) is 28.6 Å². The van der Waals surface area contributed by atoms with Gasteiger partial charge in [0.15, 0.2) is 0 Å². The quantitative estimate of drug-likeness (QED) is 0.326. The van der Waals surface area contributed by atoms with Crippen molar-refractivity contribution in [2.24, 2.45) is 17.3 Å². The maximum Gasteiger partial charge on any atom is 0.0689 e. The number of rotatable bonds is 12. The van der Waals surface area contributed by atoms with E-state index in [1.165, 1.54) is 77.0 Å². The van der Waals surface area contributed by atoms with Crippen molar-refractivity contribution >= 4 is 0 Å². The smallest absolute Gasteiger partial charge is 0.0689 e. The van der Waals surface area contributed by atoms with Crippen LogP contribution >= 0.6 is 0 Å². The SMILES string of the molecule is CCCCCCC1(C#N)CCC(OCC2CCC(CCCCC)CC2)CC1. The van der Waals surface area contributed by atoms with Gasteiger partial charge in [-0.05, 0) is 56.8 Å². The van der Waals surface area contributed by atoms with E-state index in [2.05, 4.69) is 19.9 Å². The van der Waals surface area contributed by atoms with Gasteiger partial charge >= 0.3 is 0 Å². The van der Waals surface area contributed by atoms with E-state index in [0.29, 0.717) is 6.10 Å². The summed E-state index contributed by atoms with van der Waals surface area (Å²) in [6.45, 7) is 5.52. The van der Waals surface area contributed by atoms with Crippen LogP contribution in [-0.2, 0) is 4.74 Å². The fourth-order valence-electron chi connectivity index (χ4n) is 5.26. The molecule has 0 radical (unpaired) electrons. The van der Waals surface area contributed by atoms with Crippen LogP contribution in [0.25, 0.3) is 0 Å². The summed E-state index contributed by atoms with van der Waals surface area (Å²) >= 11 is 0. The second-order valence-electron chi connectivity index (χ2n) is 9.62. The Morgan fingerprint density at radius 2 is 1.44 bits per heavy atom. The molecular formula is C25H45NO. The normalized spacial score (nSPS) is 31.5. The molecule has 0 aromatic carbocycles. The number of hydrogen-bond donors (Lipinski definition) is 0. The average molecular weight is 376 g/mol. The zero-order valence-electron chi connectivity index (χ0n) is 18.3. The van der Waals surface area contributed by atoms with Crippen LogP contribution < -0.4 is 0 Å². The zero-order valence-corrected chi connectivity index (χ0v) is 18.3. The van der Waals surface area contributed by atoms with E-state index in [0.717, 1.165) is 50.5 Å². The van der Waals surface area contributed by atoms with E-state index < -0.39 is 0 Å². The fraction of sp³-hybridized carbons (Fsp3) is 0.960. The second kappa shape index (κ2) is 12.8. The summed E-state index contributed by atoms with van der Waals surface area (Å²) in [5.41, 5.74) is -0.0375. The molecule has 27 heavy (non-hydrogen) atoms. The molecule has 0 atom stereocenters. The van der Waals surface area contributed by atoms with E-state index >= 15 is 0 Å². The third-order valence-electron chi connectivity index (χ3n) is 7.39. The Morgan fingerprint density at radius 3 is 2.07 bits per heavy atom. The third-order valence-corrected chi connectivity index (χ3v) is 7.39. The van der Waals surface area contributed by atoms with Crippen molar-refractivity contribution in [2.45, 2.75) is 129 Å². The summed E-state index contributed by atoms with van der Waals surface area (Å²) in [4.78, 5) is 0. The molecule has 0 spiro atoms. The number of nitriles is 1. The van der Waals surface area contributed by atoms with E-state index in [1.54, 1.807) is 0 Å². The van der Waals surface area contributed by atoms with Gasteiger partial charge in [0, 0.05) is 6.61 Å². The molecule has 2 rings (SSSR count). The molecule has 0 aromatic rings. The minimum absolute atomic E-state index is 0.0375. The number of unbranched alkanes of at least 4 members (excludes halogenated alkanes) is 5. The van der Waals surface area contributed by atoms with Gasteiger partial charge in [0.25, 0.3) is 0 Å². The molecule has 156 valence electrons. The molecule has 0 heterocycles. The highest BCUT2D eigenvalue weighted by Crippen LogP contribution is 2.41. The molecule has 2 aliphatic rings. The first-order valence-corrected chi connectivity index (χ1v) is 12.2. The van der Waals surface area contributed by atoms with Crippen LogP contribution in [0.3, 0.4) is 0 Å². The standard InChI is InChI=1S/C25H45NO/c1-3-5-7-9-17-25(21-26)18-15-24(16-19-25)27-20-23-13-11-22(12-14-23)10-8-6-4-2/h22-24H,3-20H2,1-2H3. The molecule has 2 fully saturated rings. The van der Waals surface area contributed by atoms with E-state index in [4.69, 9.17) is 4.74 Å². The highest BCUT2D eigenvalue weighted by Gasteiger charge is 2.35. The van der Waals surface area contributed by atoms with Crippen LogP contribution in [-0.4, -0.2) is 12.7 Å². The maximum atomic E-state index is 9.73. The maximum absolute atomic E-state index is 9.73. The third kappa shape index (κ3) is 8.15. The lowest BCUT2D eigenvalue weighted by atomic mass is 9.71. The van der Waals surface area contributed by atoms with Crippen LogP contribution in [0.15, 0.2) is 0 Å². The van der Waals surface area contributed by atoms with Gasteiger partial charge in [-0.3, -0.25) is 0 Å². The summed E-state index contributed by atoms with van der Waals surface area (Å²) in [6, 6.07) is 2.69. The lowest BCUT2D eigenvalue weighted by molar-refractivity contribution is -0.0185. The van der Waals surface area contributed by atoms with Gasteiger partial charge in [-0.1, -0.05) is 78.1 Å². The van der Waals surface area contributed by atoms with Gasteiger partial charge < -0.3 is 4.74 Å². The predicted molar refractivity (Wildman–Crippen MR) is 115 cm³/mol. The van der Waals surface area contributed by atoms with Crippen molar-refractivity contribution in [3.8, 4) is 6.07 Å². The van der Waals surface area contributed by atoms with Crippen LogP contribution in [0.2, 0.25) is 0 Å². The molecule has 0 aliphatic heterocycles. The Morgan fingerprint density at radius 1 is 0.815 bits per heavy atom. The van der Waals surface area contributed by atoms with Gasteiger partial charge in [-0.15, -0.1) is 0 Å². The minimum atomic E-state index is -0.0375. The number of nitrogens with zero attached hydrogens (tertiary/aromatic N) is 1. The van der Waals surface area contributed by atoms with Gasteiger partial charge in [0.05, 0.1) is 17.6 Å². The first kappa shape index (κ1) is 22.7. The lowest BCUT2D eigenvalue weighted by Crippen LogP contribution is -2.31. The highest BCUT2D eigenvalue weighted by atomic mass is 16.5. The van der Waals surface area contributed by atoms with E-state index in [1.807, 2.05) is 0 Å². The Bertz CT molecular complexity index is 411. The molecule has 2 saturated carbocycles. The molecule has 0 unspecified atom stereocenters. The minimum Gasteiger partial charge on any atom is -0.378 e. The van der Waals surface area contributed by atoms with Crippen molar-refractivity contribution in [3.05, 3.63) is 0 Å². The molecular weight excluding hydrogens is 330 g/mol. The molecule has 0 saturated heterocycles. The lowest BCUT2D eigenvalue weighted by Gasteiger charge is -2.36. The average Bonchev–Trinajstić information content (AvgIpc) is 2.72. The van der Waals surface area contributed by atoms with E-state index in [9.17, 15) is 5.26 Å². The Labute approximate surface area is 169 Å². The molecule has 2 nitrogen and oxygen atoms in total. The first-order chi connectivity index (χ1) is 13.2. The molecule has 2 aliphatic carbocycles. The highest BCUT2D eigenvalue weighted by molar-refractivity contribution is 5.01. The molecule has 0 amide bonds. The predicted octanol–water partition coefficient (Wildman–Crippen LogP) is 7.81. The summed E-state index contributed by atoms with van der Waals surface area (Å²) < 4.78 is 6.33. The van der Waals surface area contributed by atoms with Gasteiger partial charge in [0.2, 0.25) is 0 Å². The van der Waals surface area contributed by atoms with Crippen molar-refractivity contribution in [1.29, 1.82) is 5.26 Å². The van der Waals surface area contributed by atoms with E-state index in [-0.39, 0.29) is 5.41 Å². The Balaban J connectivity index is 1.59. The van der Waals surface area contributed by atoms with Crippen molar-refractivity contribution in [1.82, 2.24) is 0 Å². The molecule has 0 bridgehead atoms. The van der Waals surface area contributed by atoms with Crippen molar-refractivity contribution < 1.29 is 4.74 Å². The zero-order chi connectivity index (χ0) is 19.4. The largest absolute Gasteiger partial charge is 0.378 e. The van der Waals surface area contributed by atoms with Gasteiger partial charge in [0.1, 0.15) is 0 Å². The molecule has 0 N–H and O–H groups in total. The van der Waals surface area contributed by atoms with Crippen LogP contribution in [0.1, 0.15) is 123 Å². The van der Waals surface area contributed by atoms with Crippen molar-refractivity contribution in [2.75, 3.05) is 6.61 Å². The second-order valence-corrected chi connectivity index (χ2v) is 9.62. The van der Waals surface area contributed by atoms with Gasteiger partial charge in [-0.25, -0.2) is 0 Å². The number of ether oxygens (including phenoxy) is 1. The summed E-state index contributed by atoms with van der Waals surface area (Å²) in [5, 5.41) is 9.73. The Hall–Kier alpha value is -0.550. The molecule has 0 aromatic heterocycles. The first-order valence-electron chi connectivity index (χ1n) is 12.2. The summed E-state index contributed by atoms with van der Waals surface area (Å²) in [5.74, 6) is 1.79. The monoisotopic (exact) mass is 375 g/mol. The summed E-state index contributed by atoms with van der Waals surface area (Å²) in [7, 11) is 0. The summed E-state index contributed by atoms with van der Waals surface area (Å²) in [6.07, 6.45) is 22.2. The fourth-order valence-corrected chi connectivity index (χ4v) is 5.26. The topological polar surface area (TPSA) is 33.0 Å². The van der Waals surface area contributed by atoms with Crippen molar-refractivity contribution in [3.63, 3.8) is 0 Å². The molecule has 2 heteroatoms. The Kier molecular flexibility index (Phi) is 10.8. The number of hydrogen-bond acceptors (Lipinski definition) is 2. The van der Waals surface area contributed by atoms with Crippen LogP contribution in [0.4, 0.5) is 0 Å². The van der Waals surface area contributed by atoms with Gasteiger partial charge in [-0.2, -0.15) is 5.26 Å².